The smallest absolute Gasteiger partial charge is 0.271 e. The summed E-state index contributed by atoms with van der Waals surface area (Å²) in [5.74, 6) is -0.332. The Hall–Kier alpha value is -3.75. The van der Waals surface area contributed by atoms with Crippen LogP contribution in [-0.2, 0) is 11.3 Å². The Morgan fingerprint density at radius 1 is 1.14 bits per heavy atom. The van der Waals surface area contributed by atoms with E-state index in [1.54, 1.807) is 17.6 Å². The number of nitrogens with one attached hydrogen (secondary N) is 1. The molecule has 1 aliphatic heterocycles. The molecule has 0 radical (unpaired) electrons. The van der Waals surface area contributed by atoms with Crippen LogP contribution in [0.4, 0.5) is 5.69 Å². The van der Waals surface area contributed by atoms with Crippen LogP contribution in [-0.4, -0.2) is 20.3 Å². The van der Waals surface area contributed by atoms with E-state index >= 15 is 0 Å². The maximum absolute atomic E-state index is 13.8. The first-order valence-corrected chi connectivity index (χ1v) is 12.7. The molecule has 0 aliphatic carbocycles. The number of para-hydroxylation sites is 1. The molecule has 182 valence electrons. The van der Waals surface area contributed by atoms with Crippen LogP contribution in [0.3, 0.4) is 0 Å². The molecule has 0 saturated carbocycles. The molecule has 7 nitrogen and oxygen atoms in total. The van der Waals surface area contributed by atoms with Gasteiger partial charge in [-0.25, -0.2) is 4.99 Å². The van der Waals surface area contributed by atoms with E-state index in [0.29, 0.717) is 36.9 Å². The second kappa shape index (κ2) is 9.72. The number of hydrogen-bond acceptors (Lipinski definition) is 5. The number of hydrogen-bond donors (Lipinski definition) is 1. The van der Waals surface area contributed by atoms with Gasteiger partial charge in [0.2, 0.25) is 0 Å². The van der Waals surface area contributed by atoms with E-state index in [1.807, 2.05) is 79.3 Å². The molecule has 3 heterocycles. The summed E-state index contributed by atoms with van der Waals surface area (Å²) < 4.78 is 3.92. The van der Waals surface area contributed by atoms with Crippen molar-refractivity contribution in [1.82, 2.24) is 14.3 Å². The van der Waals surface area contributed by atoms with E-state index < -0.39 is 6.04 Å². The molecule has 0 unspecified atom stereocenters. The minimum absolute atomic E-state index is 0.232. The van der Waals surface area contributed by atoms with Crippen molar-refractivity contribution in [3.8, 4) is 0 Å². The number of thiazole rings is 1. The van der Waals surface area contributed by atoms with Crippen LogP contribution in [0.15, 0.2) is 81.9 Å². The van der Waals surface area contributed by atoms with Crippen LogP contribution < -0.4 is 20.2 Å². The Morgan fingerprint density at radius 3 is 2.56 bits per heavy atom. The molecule has 2 aromatic heterocycles. The van der Waals surface area contributed by atoms with Crippen molar-refractivity contribution in [2.45, 2.75) is 33.4 Å². The van der Waals surface area contributed by atoms with Gasteiger partial charge in [-0.1, -0.05) is 59.3 Å². The average Bonchev–Trinajstić information content (AvgIpc) is 3.37. The Morgan fingerprint density at radius 2 is 1.86 bits per heavy atom. The van der Waals surface area contributed by atoms with Crippen molar-refractivity contribution >= 4 is 40.6 Å². The third-order valence-electron chi connectivity index (χ3n) is 6.09. The number of aryl methyl sites for hydroxylation is 2. The third kappa shape index (κ3) is 4.34. The largest absolute Gasteiger partial charge is 0.322 e. The molecule has 4 aromatic rings. The summed E-state index contributed by atoms with van der Waals surface area (Å²) >= 11 is 7.91. The number of amides is 1. The summed E-state index contributed by atoms with van der Waals surface area (Å²) in [6.07, 6.45) is 3.76. The first-order chi connectivity index (χ1) is 17.4. The number of benzene rings is 2. The van der Waals surface area contributed by atoms with Crippen LogP contribution >= 0.6 is 22.9 Å². The van der Waals surface area contributed by atoms with Gasteiger partial charge in [0.25, 0.3) is 11.5 Å². The Bertz CT molecular complexity index is 1680. The summed E-state index contributed by atoms with van der Waals surface area (Å²) in [5.41, 5.74) is 3.70. The summed E-state index contributed by atoms with van der Waals surface area (Å²) in [4.78, 5) is 32.6. The molecular weight excluding hydrogens is 494 g/mol. The fraction of sp³-hybridized carbons (Fsp3) is 0.185. The van der Waals surface area contributed by atoms with E-state index in [9.17, 15) is 9.59 Å². The Kier molecular flexibility index (Phi) is 6.47. The Labute approximate surface area is 216 Å². The predicted octanol–water partition coefficient (Wildman–Crippen LogP) is 4.05. The lowest BCUT2D eigenvalue weighted by Gasteiger charge is -2.26. The van der Waals surface area contributed by atoms with E-state index in [-0.39, 0.29) is 11.5 Å². The number of allylic oxidation sites excluding steroid dienone is 1. The minimum atomic E-state index is -0.722. The van der Waals surface area contributed by atoms with Crippen LogP contribution in [0.25, 0.3) is 6.08 Å². The van der Waals surface area contributed by atoms with Crippen LogP contribution in [0, 0.1) is 6.92 Å². The van der Waals surface area contributed by atoms with Gasteiger partial charge in [-0.2, -0.15) is 5.10 Å². The second-order valence-electron chi connectivity index (χ2n) is 8.45. The van der Waals surface area contributed by atoms with Crippen LogP contribution in [0.5, 0.6) is 0 Å². The van der Waals surface area contributed by atoms with E-state index in [2.05, 4.69) is 15.4 Å². The standard InChI is InChI=1S/C27H24ClN5O2S/c1-4-32-15-18(16(2)31-32)14-22-26(35)33-24(20-12-8-9-13-21(20)28)23(17(3)29-27(33)36-22)25(34)30-19-10-6-5-7-11-19/h5-15,24H,4H2,1-3H3,(H,30,34)/b22-14+/t24-/m1/s1. The molecule has 0 bridgehead atoms. The first-order valence-electron chi connectivity index (χ1n) is 11.5. The van der Waals surface area contributed by atoms with Crippen LogP contribution in [0.1, 0.15) is 36.7 Å². The molecule has 2 aromatic carbocycles. The summed E-state index contributed by atoms with van der Waals surface area (Å²) in [6.45, 7) is 6.45. The topological polar surface area (TPSA) is 81.3 Å². The number of nitrogens with zero attached hydrogens (tertiary/aromatic N) is 4. The van der Waals surface area contributed by atoms with Crippen molar-refractivity contribution in [2.75, 3.05) is 5.32 Å². The zero-order chi connectivity index (χ0) is 25.4. The van der Waals surface area contributed by atoms with Gasteiger partial charge in [-0.05, 0) is 50.6 Å². The first kappa shape index (κ1) is 24.0. The van der Waals surface area contributed by atoms with Gasteiger partial charge in [-0.3, -0.25) is 18.8 Å². The number of rotatable bonds is 5. The summed E-state index contributed by atoms with van der Waals surface area (Å²) in [6, 6.07) is 15.7. The quantitative estimate of drug-likeness (QED) is 0.433. The maximum atomic E-state index is 13.8. The highest BCUT2D eigenvalue weighted by molar-refractivity contribution is 7.07. The van der Waals surface area contributed by atoms with Gasteiger partial charge in [0, 0.05) is 29.0 Å². The SMILES string of the molecule is CCn1cc(/C=c2/sc3n(c2=O)[C@H](c2ccccc2Cl)C(C(=O)Nc2ccccc2)=C(C)N=3)c(C)n1. The lowest BCUT2D eigenvalue weighted by molar-refractivity contribution is -0.113. The monoisotopic (exact) mass is 517 g/mol. The van der Waals surface area contributed by atoms with Crippen molar-refractivity contribution in [2.24, 2.45) is 4.99 Å². The molecule has 36 heavy (non-hydrogen) atoms. The van der Waals surface area contributed by atoms with Gasteiger partial charge in [0.05, 0.1) is 27.5 Å². The number of anilines is 1. The van der Waals surface area contributed by atoms with Crippen molar-refractivity contribution in [3.63, 3.8) is 0 Å². The molecule has 1 aliphatic rings. The van der Waals surface area contributed by atoms with Gasteiger partial charge in [-0.15, -0.1) is 0 Å². The van der Waals surface area contributed by atoms with Gasteiger partial charge >= 0.3 is 0 Å². The molecule has 5 rings (SSSR count). The number of carbonyl (C=O) groups is 1. The molecular formula is C27H24ClN5O2S. The van der Waals surface area contributed by atoms with Crippen molar-refractivity contribution in [1.29, 1.82) is 0 Å². The number of carbonyl (C=O) groups excluding carboxylic acids is 1. The second-order valence-corrected chi connectivity index (χ2v) is 9.87. The normalized spacial score (nSPS) is 15.6. The lowest BCUT2D eigenvalue weighted by atomic mass is 9.95. The van der Waals surface area contributed by atoms with Gasteiger partial charge in [0.1, 0.15) is 0 Å². The van der Waals surface area contributed by atoms with Crippen molar-refractivity contribution in [3.05, 3.63) is 114 Å². The lowest BCUT2D eigenvalue weighted by Crippen LogP contribution is -2.40. The number of halogens is 1. The minimum Gasteiger partial charge on any atom is -0.322 e. The fourth-order valence-electron chi connectivity index (χ4n) is 4.30. The Balaban J connectivity index is 1.70. The molecule has 0 spiro atoms. The zero-order valence-electron chi connectivity index (χ0n) is 20.0. The highest BCUT2D eigenvalue weighted by Gasteiger charge is 2.33. The molecule has 9 heteroatoms. The highest BCUT2D eigenvalue weighted by Crippen LogP contribution is 2.34. The summed E-state index contributed by atoms with van der Waals surface area (Å²) in [5, 5.41) is 7.89. The fourth-order valence-corrected chi connectivity index (χ4v) is 5.58. The maximum Gasteiger partial charge on any atom is 0.271 e. The van der Waals surface area contributed by atoms with E-state index in [4.69, 9.17) is 11.6 Å². The number of aromatic nitrogens is 3. The molecule has 1 N–H and O–H groups in total. The van der Waals surface area contributed by atoms with Crippen molar-refractivity contribution < 1.29 is 4.79 Å². The van der Waals surface area contributed by atoms with Crippen LogP contribution in [0.2, 0.25) is 5.02 Å². The van der Waals surface area contributed by atoms with Gasteiger partial charge < -0.3 is 5.32 Å². The van der Waals surface area contributed by atoms with Gasteiger partial charge in [0.15, 0.2) is 4.80 Å². The zero-order valence-corrected chi connectivity index (χ0v) is 21.6. The average molecular weight is 518 g/mol. The van der Waals surface area contributed by atoms with E-state index in [0.717, 1.165) is 17.8 Å². The molecule has 0 saturated heterocycles. The highest BCUT2D eigenvalue weighted by atomic mass is 35.5. The molecule has 1 amide bonds. The predicted molar refractivity (Wildman–Crippen MR) is 143 cm³/mol. The number of fused-ring (bicyclic) bond motifs is 1. The molecule has 1 atom stereocenters. The third-order valence-corrected chi connectivity index (χ3v) is 7.42. The molecule has 0 fully saturated rings. The summed E-state index contributed by atoms with van der Waals surface area (Å²) in [7, 11) is 0. The van der Waals surface area contributed by atoms with E-state index in [1.165, 1.54) is 11.3 Å².